The molecule has 112 valence electrons. The summed E-state index contributed by atoms with van der Waals surface area (Å²) in [6.45, 7) is 0.346. The molecule has 1 aliphatic heterocycles. The van der Waals surface area contributed by atoms with Gasteiger partial charge in [0, 0.05) is 18.5 Å². The zero-order chi connectivity index (χ0) is 15.5. The summed E-state index contributed by atoms with van der Waals surface area (Å²) in [4.78, 5) is 26.2. The number of hydrogen-bond acceptors (Lipinski definition) is 3. The summed E-state index contributed by atoms with van der Waals surface area (Å²) in [5.74, 6) is 0.388. The Labute approximate surface area is 128 Å². The minimum atomic E-state index is -0.150. The molecule has 1 N–H and O–H groups in total. The summed E-state index contributed by atoms with van der Waals surface area (Å²) in [6.07, 6.45) is 0.268. The van der Waals surface area contributed by atoms with Crippen LogP contribution in [0.5, 0.6) is 5.75 Å². The van der Waals surface area contributed by atoms with Crippen molar-refractivity contribution in [2.24, 2.45) is 0 Å². The SMILES string of the molecule is COc1cccc(C(=O)N2CCC(=O)Nc3ccccc32)c1. The van der Waals surface area contributed by atoms with Gasteiger partial charge < -0.3 is 15.0 Å². The largest absolute Gasteiger partial charge is 0.497 e. The third-order valence-corrected chi connectivity index (χ3v) is 3.59. The first-order valence-electron chi connectivity index (χ1n) is 7.04. The number of para-hydroxylation sites is 2. The lowest BCUT2D eigenvalue weighted by Crippen LogP contribution is -2.31. The fraction of sp³-hybridized carbons (Fsp3) is 0.176. The molecule has 2 aromatic rings. The number of carbonyl (C=O) groups is 2. The van der Waals surface area contributed by atoms with Crippen molar-refractivity contribution in [2.45, 2.75) is 6.42 Å². The van der Waals surface area contributed by atoms with Crippen molar-refractivity contribution in [2.75, 3.05) is 23.9 Å². The molecule has 2 aromatic carbocycles. The van der Waals surface area contributed by atoms with Gasteiger partial charge in [-0.25, -0.2) is 0 Å². The Bertz CT molecular complexity index is 727. The van der Waals surface area contributed by atoms with E-state index in [9.17, 15) is 9.59 Å². The smallest absolute Gasteiger partial charge is 0.258 e. The third kappa shape index (κ3) is 2.65. The summed E-state index contributed by atoms with van der Waals surface area (Å²) in [5.41, 5.74) is 1.89. The molecule has 0 bridgehead atoms. The van der Waals surface area contributed by atoms with Crippen LogP contribution in [0.4, 0.5) is 11.4 Å². The van der Waals surface area contributed by atoms with Crippen molar-refractivity contribution < 1.29 is 14.3 Å². The number of fused-ring (bicyclic) bond motifs is 1. The summed E-state index contributed by atoms with van der Waals surface area (Å²) in [7, 11) is 1.56. The highest BCUT2D eigenvalue weighted by Crippen LogP contribution is 2.30. The Kier molecular flexibility index (Phi) is 3.78. The number of nitrogens with one attached hydrogen (secondary N) is 1. The van der Waals surface area contributed by atoms with Gasteiger partial charge in [-0.05, 0) is 30.3 Å². The minimum absolute atomic E-state index is 0.0895. The summed E-state index contributed by atoms with van der Waals surface area (Å²) in [6, 6.07) is 14.3. The van der Waals surface area contributed by atoms with Crippen LogP contribution in [0, 0.1) is 0 Å². The second-order valence-electron chi connectivity index (χ2n) is 5.00. The molecule has 0 radical (unpaired) electrons. The standard InChI is InChI=1S/C17H16N2O3/c1-22-13-6-4-5-12(11-13)17(21)19-10-9-16(20)18-14-7-2-3-8-15(14)19/h2-8,11H,9-10H2,1H3,(H,18,20). The molecule has 1 aliphatic rings. The molecule has 0 unspecified atom stereocenters. The second kappa shape index (κ2) is 5.89. The molecule has 22 heavy (non-hydrogen) atoms. The van der Waals surface area contributed by atoms with E-state index in [1.54, 1.807) is 42.3 Å². The van der Waals surface area contributed by atoms with Crippen LogP contribution in [-0.4, -0.2) is 25.5 Å². The van der Waals surface area contributed by atoms with E-state index < -0.39 is 0 Å². The van der Waals surface area contributed by atoms with Crippen molar-refractivity contribution >= 4 is 23.2 Å². The summed E-state index contributed by atoms with van der Waals surface area (Å²) < 4.78 is 5.17. The molecule has 0 saturated carbocycles. The molecule has 1 heterocycles. The number of nitrogens with zero attached hydrogens (tertiary/aromatic N) is 1. The number of amides is 2. The van der Waals surface area contributed by atoms with Gasteiger partial charge in [0.05, 0.1) is 18.5 Å². The lowest BCUT2D eigenvalue weighted by atomic mass is 10.1. The molecule has 0 spiro atoms. The average molecular weight is 296 g/mol. The van der Waals surface area contributed by atoms with Gasteiger partial charge in [-0.2, -0.15) is 0 Å². The molecule has 0 atom stereocenters. The van der Waals surface area contributed by atoms with E-state index in [0.717, 1.165) is 0 Å². The molecular formula is C17H16N2O3. The van der Waals surface area contributed by atoms with Gasteiger partial charge in [0.25, 0.3) is 5.91 Å². The Hall–Kier alpha value is -2.82. The van der Waals surface area contributed by atoms with Crippen LogP contribution in [0.1, 0.15) is 16.8 Å². The molecule has 0 saturated heterocycles. The maximum atomic E-state index is 12.8. The van der Waals surface area contributed by atoms with Crippen LogP contribution in [0.15, 0.2) is 48.5 Å². The normalized spacial score (nSPS) is 13.9. The molecule has 5 nitrogen and oxygen atoms in total. The van der Waals surface area contributed by atoms with E-state index in [0.29, 0.717) is 29.2 Å². The van der Waals surface area contributed by atoms with Crippen molar-refractivity contribution in [1.82, 2.24) is 0 Å². The first-order chi connectivity index (χ1) is 10.7. The number of methoxy groups -OCH3 is 1. The van der Waals surface area contributed by atoms with E-state index in [-0.39, 0.29) is 18.2 Å². The number of anilines is 2. The lowest BCUT2D eigenvalue weighted by molar-refractivity contribution is -0.115. The fourth-order valence-electron chi connectivity index (χ4n) is 2.48. The van der Waals surface area contributed by atoms with Gasteiger partial charge in [-0.3, -0.25) is 9.59 Å². The van der Waals surface area contributed by atoms with Crippen LogP contribution in [-0.2, 0) is 4.79 Å². The van der Waals surface area contributed by atoms with Crippen molar-refractivity contribution in [3.05, 3.63) is 54.1 Å². The van der Waals surface area contributed by atoms with E-state index >= 15 is 0 Å². The zero-order valence-electron chi connectivity index (χ0n) is 12.2. The molecule has 3 rings (SSSR count). The number of benzene rings is 2. The lowest BCUT2D eigenvalue weighted by Gasteiger charge is -2.22. The quantitative estimate of drug-likeness (QED) is 0.927. The van der Waals surface area contributed by atoms with Gasteiger partial charge >= 0.3 is 0 Å². The third-order valence-electron chi connectivity index (χ3n) is 3.59. The fourth-order valence-corrected chi connectivity index (χ4v) is 2.48. The topological polar surface area (TPSA) is 58.6 Å². The van der Waals surface area contributed by atoms with Gasteiger partial charge in [-0.1, -0.05) is 18.2 Å². The number of rotatable bonds is 2. The van der Waals surface area contributed by atoms with Crippen molar-refractivity contribution in [3.8, 4) is 5.75 Å². The molecular weight excluding hydrogens is 280 g/mol. The first-order valence-corrected chi connectivity index (χ1v) is 7.04. The van der Waals surface area contributed by atoms with Crippen LogP contribution in [0.3, 0.4) is 0 Å². The van der Waals surface area contributed by atoms with Gasteiger partial charge in [0.15, 0.2) is 0 Å². The van der Waals surface area contributed by atoms with Crippen molar-refractivity contribution in [3.63, 3.8) is 0 Å². The van der Waals surface area contributed by atoms with Crippen LogP contribution in [0.25, 0.3) is 0 Å². The highest BCUT2D eigenvalue weighted by Gasteiger charge is 2.24. The first kappa shape index (κ1) is 14.1. The van der Waals surface area contributed by atoms with Gasteiger partial charge in [-0.15, -0.1) is 0 Å². The average Bonchev–Trinajstić information content (AvgIpc) is 2.72. The Morgan fingerprint density at radius 1 is 1.18 bits per heavy atom. The van der Waals surface area contributed by atoms with Crippen molar-refractivity contribution in [1.29, 1.82) is 0 Å². The predicted octanol–water partition coefficient (Wildman–Crippen LogP) is 2.68. The minimum Gasteiger partial charge on any atom is -0.497 e. The maximum Gasteiger partial charge on any atom is 0.258 e. The monoisotopic (exact) mass is 296 g/mol. The highest BCUT2D eigenvalue weighted by atomic mass is 16.5. The second-order valence-corrected chi connectivity index (χ2v) is 5.00. The number of hydrogen-bond donors (Lipinski definition) is 1. The Morgan fingerprint density at radius 3 is 2.82 bits per heavy atom. The van der Waals surface area contributed by atoms with Crippen LogP contribution < -0.4 is 15.0 Å². The highest BCUT2D eigenvalue weighted by molar-refractivity contribution is 6.10. The Morgan fingerprint density at radius 2 is 2.00 bits per heavy atom. The maximum absolute atomic E-state index is 12.8. The van der Waals surface area contributed by atoms with Crippen LogP contribution in [0.2, 0.25) is 0 Å². The van der Waals surface area contributed by atoms with Gasteiger partial charge in [0.2, 0.25) is 5.91 Å². The molecule has 0 aliphatic carbocycles. The summed E-state index contributed by atoms with van der Waals surface area (Å²) in [5, 5.41) is 2.82. The molecule has 2 amide bonds. The molecule has 0 aromatic heterocycles. The molecule has 0 fully saturated rings. The zero-order valence-corrected chi connectivity index (χ0v) is 12.2. The van der Waals surface area contributed by atoms with E-state index in [1.807, 2.05) is 18.2 Å². The Balaban J connectivity index is 1.99. The van der Waals surface area contributed by atoms with E-state index in [2.05, 4.69) is 5.32 Å². The number of ether oxygens (including phenoxy) is 1. The van der Waals surface area contributed by atoms with Crippen LogP contribution >= 0.6 is 0 Å². The van der Waals surface area contributed by atoms with Gasteiger partial charge in [0.1, 0.15) is 5.75 Å². The number of carbonyl (C=O) groups excluding carboxylic acids is 2. The summed E-state index contributed by atoms with van der Waals surface area (Å²) >= 11 is 0. The molecule has 5 heteroatoms. The van der Waals surface area contributed by atoms with E-state index in [1.165, 1.54) is 0 Å². The predicted molar refractivity (Wildman–Crippen MR) is 84.4 cm³/mol. The van der Waals surface area contributed by atoms with E-state index in [4.69, 9.17) is 4.74 Å².